The molecule has 0 amide bonds. The van der Waals surface area contributed by atoms with E-state index in [2.05, 4.69) is 11.8 Å². The molecule has 0 saturated carbocycles. The first-order valence-electron chi connectivity index (χ1n) is 7.23. The summed E-state index contributed by atoms with van der Waals surface area (Å²) in [4.78, 5) is 14.1. The van der Waals surface area contributed by atoms with E-state index in [1.54, 1.807) is 13.0 Å². The standard InChI is InChI=1S/C16H23NO2/c1-3-4-8-14(12(2)18)17-11-6-7-13-15(17)9-5-10-16(13)19/h5,9-10,14,19H,3-4,6-8,11H2,1-2H3. The highest BCUT2D eigenvalue weighted by molar-refractivity contribution is 5.85. The van der Waals surface area contributed by atoms with Gasteiger partial charge >= 0.3 is 0 Å². The molecular weight excluding hydrogens is 238 g/mol. The Hall–Kier alpha value is -1.51. The topological polar surface area (TPSA) is 40.5 Å². The van der Waals surface area contributed by atoms with E-state index in [1.807, 2.05) is 12.1 Å². The summed E-state index contributed by atoms with van der Waals surface area (Å²) in [5.41, 5.74) is 2.04. The molecule has 19 heavy (non-hydrogen) atoms. The van der Waals surface area contributed by atoms with Crippen LogP contribution < -0.4 is 4.90 Å². The molecule has 0 aliphatic carbocycles. The van der Waals surface area contributed by atoms with Crippen molar-refractivity contribution in [2.24, 2.45) is 0 Å². The first-order chi connectivity index (χ1) is 9.15. The van der Waals surface area contributed by atoms with Gasteiger partial charge in [0.1, 0.15) is 5.75 Å². The molecule has 0 saturated heterocycles. The molecule has 2 rings (SSSR count). The number of hydrogen-bond acceptors (Lipinski definition) is 3. The maximum absolute atomic E-state index is 11.9. The zero-order valence-corrected chi connectivity index (χ0v) is 11.9. The minimum Gasteiger partial charge on any atom is -0.508 e. The molecule has 1 aliphatic heterocycles. The van der Waals surface area contributed by atoms with Crippen molar-refractivity contribution in [3.05, 3.63) is 23.8 Å². The predicted molar refractivity (Wildman–Crippen MR) is 77.8 cm³/mol. The van der Waals surface area contributed by atoms with Gasteiger partial charge in [-0.1, -0.05) is 25.8 Å². The van der Waals surface area contributed by atoms with Crippen LogP contribution >= 0.6 is 0 Å². The molecule has 1 aromatic rings. The molecule has 1 aliphatic rings. The number of carbonyl (C=O) groups is 1. The van der Waals surface area contributed by atoms with E-state index in [-0.39, 0.29) is 11.8 Å². The average molecular weight is 261 g/mol. The highest BCUT2D eigenvalue weighted by atomic mass is 16.3. The van der Waals surface area contributed by atoms with E-state index in [4.69, 9.17) is 0 Å². The number of rotatable bonds is 5. The number of phenolic OH excluding ortho intramolecular Hbond substituents is 1. The molecule has 1 atom stereocenters. The van der Waals surface area contributed by atoms with Crippen LogP contribution in [-0.2, 0) is 11.2 Å². The van der Waals surface area contributed by atoms with Gasteiger partial charge in [-0.2, -0.15) is 0 Å². The van der Waals surface area contributed by atoms with Gasteiger partial charge in [0.05, 0.1) is 6.04 Å². The van der Waals surface area contributed by atoms with Gasteiger partial charge in [0.15, 0.2) is 5.78 Å². The van der Waals surface area contributed by atoms with E-state index in [1.165, 1.54) is 0 Å². The number of aromatic hydroxyl groups is 1. The van der Waals surface area contributed by atoms with Gasteiger partial charge in [-0.05, 0) is 38.3 Å². The Balaban J connectivity index is 2.30. The number of benzene rings is 1. The van der Waals surface area contributed by atoms with Crippen LogP contribution in [0.4, 0.5) is 5.69 Å². The number of unbranched alkanes of at least 4 members (excludes halogenated alkanes) is 1. The molecular formula is C16H23NO2. The summed E-state index contributed by atoms with van der Waals surface area (Å²) < 4.78 is 0. The van der Waals surface area contributed by atoms with Crippen LogP contribution in [-0.4, -0.2) is 23.5 Å². The Morgan fingerprint density at radius 1 is 1.47 bits per heavy atom. The molecule has 1 heterocycles. The van der Waals surface area contributed by atoms with Crippen molar-refractivity contribution in [1.29, 1.82) is 0 Å². The van der Waals surface area contributed by atoms with Gasteiger partial charge in [-0.15, -0.1) is 0 Å². The van der Waals surface area contributed by atoms with Gasteiger partial charge in [0.25, 0.3) is 0 Å². The Morgan fingerprint density at radius 2 is 2.26 bits per heavy atom. The van der Waals surface area contributed by atoms with Gasteiger partial charge in [0, 0.05) is 17.8 Å². The second kappa shape index (κ2) is 6.09. The number of hydrogen-bond donors (Lipinski definition) is 1. The second-order valence-corrected chi connectivity index (χ2v) is 5.34. The van der Waals surface area contributed by atoms with Crippen LogP contribution in [0.25, 0.3) is 0 Å². The number of fused-ring (bicyclic) bond motifs is 1. The predicted octanol–water partition coefficient (Wildman–Crippen LogP) is 3.29. The fourth-order valence-electron chi connectivity index (χ4n) is 2.93. The highest BCUT2D eigenvalue weighted by Gasteiger charge is 2.27. The third-order valence-electron chi connectivity index (χ3n) is 3.94. The lowest BCUT2D eigenvalue weighted by Crippen LogP contribution is -2.43. The fourth-order valence-corrected chi connectivity index (χ4v) is 2.93. The lowest BCUT2D eigenvalue weighted by Gasteiger charge is -2.37. The number of Topliss-reactive ketones (excluding diaryl/α,β-unsaturated/α-hetero) is 1. The molecule has 0 aromatic heterocycles. The van der Waals surface area contributed by atoms with Crippen LogP contribution in [0.5, 0.6) is 5.75 Å². The molecule has 3 heteroatoms. The van der Waals surface area contributed by atoms with Crippen LogP contribution in [0.15, 0.2) is 18.2 Å². The molecule has 1 N–H and O–H groups in total. The molecule has 1 aromatic carbocycles. The van der Waals surface area contributed by atoms with Gasteiger partial charge in [-0.3, -0.25) is 4.79 Å². The lowest BCUT2D eigenvalue weighted by atomic mass is 9.96. The molecule has 104 valence electrons. The van der Waals surface area contributed by atoms with Crippen molar-refractivity contribution < 1.29 is 9.90 Å². The Morgan fingerprint density at radius 3 is 2.95 bits per heavy atom. The van der Waals surface area contributed by atoms with E-state index in [9.17, 15) is 9.90 Å². The third-order valence-corrected chi connectivity index (χ3v) is 3.94. The van der Waals surface area contributed by atoms with Crippen molar-refractivity contribution in [3.8, 4) is 5.75 Å². The van der Waals surface area contributed by atoms with Gasteiger partial charge in [0.2, 0.25) is 0 Å². The number of anilines is 1. The Labute approximate surface area is 115 Å². The van der Waals surface area contributed by atoms with Crippen molar-refractivity contribution >= 4 is 11.5 Å². The van der Waals surface area contributed by atoms with Crippen molar-refractivity contribution in [3.63, 3.8) is 0 Å². The molecule has 0 radical (unpaired) electrons. The molecule has 1 unspecified atom stereocenters. The molecule has 0 spiro atoms. The van der Waals surface area contributed by atoms with Crippen LogP contribution in [0.1, 0.15) is 45.1 Å². The third kappa shape index (κ3) is 2.91. The summed E-state index contributed by atoms with van der Waals surface area (Å²) in [5, 5.41) is 9.96. The first kappa shape index (κ1) is 13.9. The fraction of sp³-hybridized carbons (Fsp3) is 0.562. The van der Waals surface area contributed by atoms with Crippen LogP contribution in [0, 0.1) is 0 Å². The van der Waals surface area contributed by atoms with Crippen molar-refractivity contribution in [2.45, 2.75) is 52.0 Å². The SMILES string of the molecule is CCCCC(C(C)=O)N1CCCc2c(O)cccc21. The minimum atomic E-state index is -0.0409. The minimum absolute atomic E-state index is 0.0409. The van der Waals surface area contributed by atoms with E-state index in [0.717, 1.165) is 49.9 Å². The molecule has 0 fully saturated rings. The monoisotopic (exact) mass is 261 g/mol. The summed E-state index contributed by atoms with van der Waals surface area (Å²) in [6, 6.07) is 5.58. The van der Waals surface area contributed by atoms with Crippen molar-refractivity contribution in [2.75, 3.05) is 11.4 Å². The molecule has 0 bridgehead atoms. The summed E-state index contributed by atoms with van der Waals surface area (Å²) in [5.74, 6) is 0.588. The van der Waals surface area contributed by atoms with Crippen molar-refractivity contribution in [1.82, 2.24) is 0 Å². The number of phenols is 1. The normalized spacial score (nSPS) is 16.0. The largest absolute Gasteiger partial charge is 0.508 e. The van der Waals surface area contributed by atoms with Crippen LogP contribution in [0.3, 0.4) is 0 Å². The smallest absolute Gasteiger partial charge is 0.152 e. The Kier molecular flexibility index (Phi) is 4.46. The summed E-state index contributed by atoms with van der Waals surface area (Å²) in [6.07, 6.45) is 4.97. The van der Waals surface area contributed by atoms with Gasteiger partial charge < -0.3 is 10.0 Å². The van der Waals surface area contributed by atoms with E-state index >= 15 is 0 Å². The lowest BCUT2D eigenvalue weighted by molar-refractivity contribution is -0.118. The highest BCUT2D eigenvalue weighted by Crippen LogP contribution is 2.35. The average Bonchev–Trinajstić information content (AvgIpc) is 2.40. The summed E-state index contributed by atoms with van der Waals surface area (Å²) in [6.45, 7) is 4.73. The summed E-state index contributed by atoms with van der Waals surface area (Å²) in [7, 11) is 0. The van der Waals surface area contributed by atoms with Gasteiger partial charge in [-0.25, -0.2) is 0 Å². The Bertz CT molecular complexity index is 456. The number of nitrogens with zero attached hydrogens (tertiary/aromatic N) is 1. The summed E-state index contributed by atoms with van der Waals surface area (Å²) >= 11 is 0. The zero-order chi connectivity index (χ0) is 13.8. The van der Waals surface area contributed by atoms with E-state index < -0.39 is 0 Å². The maximum Gasteiger partial charge on any atom is 0.152 e. The quantitative estimate of drug-likeness (QED) is 0.884. The maximum atomic E-state index is 11.9. The van der Waals surface area contributed by atoms with E-state index in [0.29, 0.717) is 5.75 Å². The van der Waals surface area contributed by atoms with Crippen LogP contribution in [0.2, 0.25) is 0 Å². The second-order valence-electron chi connectivity index (χ2n) is 5.34. The zero-order valence-electron chi connectivity index (χ0n) is 11.9. The number of carbonyl (C=O) groups excluding carboxylic acids is 1. The number of ketones is 1. The molecule has 3 nitrogen and oxygen atoms in total. The first-order valence-corrected chi connectivity index (χ1v) is 7.23.